The summed E-state index contributed by atoms with van der Waals surface area (Å²) in [5, 5.41) is 13.4. The van der Waals surface area contributed by atoms with Gasteiger partial charge in [0.25, 0.3) is 0 Å². The zero-order valence-electron chi connectivity index (χ0n) is 8.94. The van der Waals surface area contributed by atoms with Crippen molar-refractivity contribution in [1.82, 2.24) is 4.90 Å². The number of thiophene rings is 1. The van der Waals surface area contributed by atoms with Crippen LogP contribution in [0, 0.1) is 0 Å². The molecule has 0 radical (unpaired) electrons. The van der Waals surface area contributed by atoms with E-state index in [0.29, 0.717) is 0 Å². The van der Waals surface area contributed by atoms with Gasteiger partial charge in [-0.25, -0.2) is 0 Å². The molecule has 14 heavy (non-hydrogen) atoms. The van der Waals surface area contributed by atoms with Gasteiger partial charge in [-0.05, 0) is 49.2 Å². The van der Waals surface area contributed by atoms with Crippen molar-refractivity contribution in [3.05, 3.63) is 22.4 Å². The fourth-order valence-corrected chi connectivity index (χ4v) is 1.98. The van der Waals surface area contributed by atoms with Crippen molar-refractivity contribution in [3.63, 3.8) is 0 Å². The van der Waals surface area contributed by atoms with Crippen LogP contribution in [0.15, 0.2) is 16.8 Å². The maximum Gasteiger partial charge on any atom is 0.0524 e. The van der Waals surface area contributed by atoms with E-state index in [1.165, 1.54) is 5.56 Å². The summed E-state index contributed by atoms with van der Waals surface area (Å²) >= 11 is 1.75. The molecule has 0 aliphatic rings. The third-order valence-corrected chi connectivity index (χ3v) is 3.02. The predicted molar refractivity (Wildman–Crippen MR) is 61.8 cm³/mol. The lowest BCUT2D eigenvalue weighted by molar-refractivity contribution is 0.165. The van der Waals surface area contributed by atoms with E-state index in [9.17, 15) is 0 Å². The first-order valence-corrected chi connectivity index (χ1v) is 6.00. The Bertz CT molecular complexity index is 233. The van der Waals surface area contributed by atoms with E-state index < -0.39 is 0 Å². The van der Waals surface area contributed by atoms with Gasteiger partial charge in [-0.1, -0.05) is 0 Å². The topological polar surface area (TPSA) is 23.5 Å². The van der Waals surface area contributed by atoms with Crippen LogP contribution >= 0.6 is 11.3 Å². The summed E-state index contributed by atoms with van der Waals surface area (Å²) in [4.78, 5) is 2.27. The molecule has 0 fully saturated rings. The van der Waals surface area contributed by atoms with Gasteiger partial charge in [-0.3, -0.25) is 0 Å². The fraction of sp³-hybridized carbons (Fsp3) is 0.636. The smallest absolute Gasteiger partial charge is 0.0524 e. The highest BCUT2D eigenvalue weighted by Crippen LogP contribution is 2.07. The second-order valence-corrected chi connectivity index (χ2v) is 4.60. The zero-order chi connectivity index (χ0) is 10.4. The molecule has 0 aromatic carbocycles. The van der Waals surface area contributed by atoms with E-state index in [4.69, 9.17) is 5.11 Å². The third kappa shape index (κ3) is 4.74. The molecule has 0 amide bonds. The van der Waals surface area contributed by atoms with Crippen LogP contribution in [0.2, 0.25) is 0 Å². The molecule has 0 spiro atoms. The normalized spacial score (nSPS) is 13.4. The summed E-state index contributed by atoms with van der Waals surface area (Å²) in [6.45, 7) is 3.89. The summed E-state index contributed by atoms with van der Waals surface area (Å²) in [5.74, 6) is 0. The monoisotopic (exact) mass is 213 g/mol. The van der Waals surface area contributed by atoms with Crippen molar-refractivity contribution in [2.24, 2.45) is 0 Å². The van der Waals surface area contributed by atoms with Crippen LogP contribution in [0.25, 0.3) is 0 Å². The standard InChI is InChI=1S/C11H19NOS/c1-10(13)3-6-12(2)7-4-11-5-8-14-9-11/h5,8-10,13H,3-4,6-7H2,1-2H3. The molecule has 0 aliphatic carbocycles. The molecule has 2 nitrogen and oxygen atoms in total. The van der Waals surface area contributed by atoms with Crippen LogP contribution in [0.4, 0.5) is 0 Å². The first kappa shape index (κ1) is 11.7. The first-order valence-electron chi connectivity index (χ1n) is 5.06. The highest BCUT2D eigenvalue weighted by atomic mass is 32.1. The molecule has 0 saturated heterocycles. The number of aliphatic hydroxyl groups excluding tert-OH is 1. The quantitative estimate of drug-likeness (QED) is 0.781. The summed E-state index contributed by atoms with van der Waals surface area (Å²) in [7, 11) is 2.11. The maximum atomic E-state index is 9.13. The molecule has 1 aromatic heterocycles. The molecule has 1 atom stereocenters. The van der Waals surface area contributed by atoms with Gasteiger partial charge in [0.05, 0.1) is 6.10 Å². The largest absolute Gasteiger partial charge is 0.393 e. The lowest BCUT2D eigenvalue weighted by Gasteiger charge is -2.16. The van der Waals surface area contributed by atoms with Crippen LogP contribution in [0.3, 0.4) is 0 Å². The summed E-state index contributed by atoms with van der Waals surface area (Å²) in [5.41, 5.74) is 1.42. The van der Waals surface area contributed by atoms with Gasteiger partial charge < -0.3 is 10.0 Å². The SMILES string of the molecule is CC(O)CCN(C)CCc1ccsc1. The minimum Gasteiger partial charge on any atom is -0.393 e. The second-order valence-electron chi connectivity index (χ2n) is 3.82. The van der Waals surface area contributed by atoms with E-state index >= 15 is 0 Å². The summed E-state index contributed by atoms with van der Waals surface area (Å²) in [6.07, 6.45) is 1.79. The number of hydrogen-bond acceptors (Lipinski definition) is 3. The highest BCUT2D eigenvalue weighted by molar-refractivity contribution is 7.07. The van der Waals surface area contributed by atoms with Crippen molar-refractivity contribution in [2.45, 2.75) is 25.9 Å². The van der Waals surface area contributed by atoms with E-state index in [0.717, 1.165) is 25.9 Å². The third-order valence-electron chi connectivity index (χ3n) is 2.29. The van der Waals surface area contributed by atoms with Crippen molar-refractivity contribution < 1.29 is 5.11 Å². The van der Waals surface area contributed by atoms with Crippen molar-refractivity contribution in [1.29, 1.82) is 0 Å². The molecule has 0 aliphatic heterocycles. The van der Waals surface area contributed by atoms with Gasteiger partial charge in [-0.15, -0.1) is 0 Å². The molecule has 1 N–H and O–H groups in total. The summed E-state index contributed by atoms with van der Waals surface area (Å²) < 4.78 is 0. The average Bonchev–Trinajstić information content (AvgIpc) is 2.63. The molecule has 1 rings (SSSR count). The minimum absolute atomic E-state index is 0.182. The molecule has 0 bridgehead atoms. The van der Waals surface area contributed by atoms with Crippen LogP contribution in [0.5, 0.6) is 0 Å². The molecule has 1 aromatic rings. The number of aliphatic hydroxyl groups is 1. The van der Waals surface area contributed by atoms with Crippen LogP contribution in [-0.2, 0) is 6.42 Å². The molecule has 0 saturated carbocycles. The van der Waals surface area contributed by atoms with Crippen molar-refractivity contribution in [2.75, 3.05) is 20.1 Å². The number of rotatable bonds is 6. The van der Waals surface area contributed by atoms with E-state index in [2.05, 4.69) is 28.8 Å². The number of hydrogen-bond donors (Lipinski definition) is 1. The molecule has 1 unspecified atom stereocenters. The Morgan fingerprint density at radius 3 is 2.86 bits per heavy atom. The van der Waals surface area contributed by atoms with Gasteiger partial charge in [0.15, 0.2) is 0 Å². The molecular weight excluding hydrogens is 194 g/mol. The molecular formula is C11H19NOS. The molecule has 80 valence electrons. The Hall–Kier alpha value is -0.380. The fourth-order valence-electron chi connectivity index (χ4n) is 1.27. The Balaban J connectivity index is 2.12. The molecule has 3 heteroatoms. The lowest BCUT2D eigenvalue weighted by Crippen LogP contribution is -2.24. The highest BCUT2D eigenvalue weighted by Gasteiger charge is 2.01. The maximum absolute atomic E-state index is 9.13. The minimum atomic E-state index is -0.182. The number of likely N-dealkylation sites (N-methyl/N-ethyl adjacent to an activating group) is 1. The van der Waals surface area contributed by atoms with Crippen LogP contribution in [-0.4, -0.2) is 36.2 Å². The van der Waals surface area contributed by atoms with E-state index in [1.54, 1.807) is 11.3 Å². The van der Waals surface area contributed by atoms with Crippen molar-refractivity contribution >= 4 is 11.3 Å². The number of nitrogens with zero attached hydrogens (tertiary/aromatic N) is 1. The second kappa shape index (κ2) is 6.17. The van der Waals surface area contributed by atoms with Crippen LogP contribution in [0.1, 0.15) is 18.9 Å². The van der Waals surface area contributed by atoms with Crippen LogP contribution < -0.4 is 0 Å². The summed E-state index contributed by atoms with van der Waals surface area (Å²) in [6, 6.07) is 2.17. The van der Waals surface area contributed by atoms with Gasteiger partial charge in [0.2, 0.25) is 0 Å². The predicted octanol–water partition coefficient (Wildman–Crippen LogP) is 1.99. The van der Waals surface area contributed by atoms with Gasteiger partial charge in [0.1, 0.15) is 0 Å². The Labute approximate surface area is 90.2 Å². The van der Waals surface area contributed by atoms with E-state index in [1.807, 2.05) is 6.92 Å². The van der Waals surface area contributed by atoms with Crippen molar-refractivity contribution in [3.8, 4) is 0 Å². The molecule has 1 heterocycles. The van der Waals surface area contributed by atoms with Gasteiger partial charge >= 0.3 is 0 Å². The van der Waals surface area contributed by atoms with Gasteiger partial charge in [-0.2, -0.15) is 11.3 Å². The Kier molecular flexibility index (Phi) is 5.15. The Morgan fingerprint density at radius 1 is 1.50 bits per heavy atom. The van der Waals surface area contributed by atoms with E-state index in [-0.39, 0.29) is 6.10 Å². The Morgan fingerprint density at radius 2 is 2.29 bits per heavy atom. The first-order chi connectivity index (χ1) is 6.68. The average molecular weight is 213 g/mol. The van der Waals surface area contributed by atoms with Gasteiger partial charge in [0, 0.05) is 13.1 Å². The zero-order valence-corrected chi connectivity index (χ0v) is 9.76. The lowest BCUT2D eigenvalue weighted by atomic mass is 10.2.